The third-order valence-electron chi connectivity index (χ3n) is 4.88. The summed E-state index contributed by atoms with van der Waals surface area (Å²) in [5.74, 6) is 0.866. The lowest BCUT2D eigenvalue weighted by Gasteiger charge is -2.26. The van der Waals surface area contributed by atoms with Crippen LogP contribution in [0.25, 0.3) is 0 Å². The highest BCUT2D eigenvalue weighted by molar-refractivity contribution is 5.98. The summed E-state index contributed by atoms with van der Waals surface area (Å²) < 4.78 is 10.7. The van der Waals surface area contributed by atoms with Crippen LogP contribution in [0.2, 0.25) is 0 Å². The van der Waals surface area contributed by atoms with Crippen LogP contribution in [0.5, 0.6) is 5.75 Å². The summed E-state index contributed by atoms with van der Waals surface area (Å²) >= 11 is 0. The Labute approximate surface area is 191 Å². The van der Waals surface area contributed by atoms with Gasteiger partial charge in [-0.25, -0.2) is 9.98 Å². The second-order valence-electron chi connectivity index (χ2n) is 7.08. The second-order valence-corrected chi connectivity index (χ2v) is 7.08. The highest BCUT2D eigenvalue weighted by Crippen LogP contribution is 2.41. The normalized spacial score (nSPS) is 14.0. The van der Waals surface area contributed by atoms with Crippen LogP contribution in [-0.2, 0) is 9.53 Å². The summed E-state index contributed by atoms with van der Waals surface area (Å²) in [6, 6.07) is 8.58. The number of aromatic nitrogens is 1. The molecule has 1 aliphatic heterocycles. The fourth-order valence-electron chi connectivity index (χ4n) is 3.39. The van der Waals surface area contributed by atoms with Crippen LogP contribution in [0.3, 0.4) is 0 Å². The molecule has 2 aromatic rings. The number of carbonyl (C=O) groups excluding carboxylic acids is 1. The first-order chi connectivity index (χ1) is 16.0. The predicted octanol–water partition coefficient (Wildman–Crippen LogP) is 2.17. The van der Waals surface area contributed by atoms with E-state index in [4.69, 9.17) is 26.2 Å². The molecule has 0 spiro atoms. The first-order valence-electron chi connectivity index (χ1n) is 10.4. The van der Waals surface area contributed by atoms with Gasteiger partial charge in [0.2, 0.25) is 5.96 Å². The molecule has 1 aliphatic rings. The number of guanidine groups is 1. The SMILES string of the molecule is CCOC(=O)CCCCOc1cccc(C2N=C(NC#N)Nc3nc(N)c(C#N)c(N)c32)c1. The third kappa shape index (κ3) is 5.40. The van der Waals surface area contributed by atoms with Gasteiger partial charge < -0.3 is 26.3 Å². The van der Waals surface area contributed by atoms with Crippen LogP contribution in [-0.4, -0.2) is 30.1 Å². The molecule has 0 fully saturated rings. The Balaban J connectivity index is 1.82. The molecule has 2 heterocycles. The first kappa shape index (κ1) is 23.2. The molecule has 0 saturated heterocycles. The van der Waals surface area contributed by atoms with Gasteiger partial charge in [0, 0.05) is 12.0 Å². The maximum atomic E-state index is 11.4. The Morgan fingerprint density at radius 1 is 1.30 bits per heavy atom. The van der Waals surface area contributed by atoms with Crippen LogP contribution in [0.4, 0.5) is 17.3 Å². The Kier molecular flexibility index (Phi) is 7.50. The number of benzene rings is 1. The molecule has 170 valence electrons. The van der Waals surface area contributed by atoms with Crippen molar-refractivity contribution in [3.63, 3.8) is 0 Å². The maximum Gasteiger partial charge on any atom is 0.305 e. The Bertz CT molecular complexity index is 1150. The number of rotatable bonds is 8. The van der Waals surface area contributed by atoms with Gasteiger partial charge in [-0.1, -0.05) is 12.1 Å². The van der Waals surface area contributed by atoms with Gasteiger partial charge in [0.1, 0.15) is 35.1 Å². The molecular formula is C22H24N8O3. The summed E-state index contributed by atoms with van der Waals surface area (Å²) in [6.07, 6.45) is 3.52. The van der Waals surface area contributed by atoms with Crippen molar-refractivity contribution in [3.05, 3.63) is 41.0 Å². The number of fused-ring (bicyclic) bond motifs is 1. The zero-order valence-corrected chi connectivity index (χ0v) is 18.1. The number of anilines is 3. The number of unbranched alkanes of at least 4 members (excludes halogenated alkanes) is 1. The largest absolute Gasteiger partial charge is 0.494 e. The van der Waals surface area contributed by atoms with Gasteiger partial charge in [-0.2, -0.15) is 10.5 Å². The molecule has 1 atom stereocenters. The lowest BCUT2D eigenvalue weighted by Crippen LogP contribution is -2.32. The van der Waals surface area contributed by atoms with Crippen molar-refractivity contribution in [3.8, 4) is 18.0 Å². The number of ether oxygens (including phenoxy) is 2. The monoisotopic (exact) mass is 448 g/mol. The average molecular weight is 448 g/mol. The minimum absolute atomic E-state index is 0.0156. The van der Waals surface area contributed by atoms with Gasteiger partial charge in [-0.05, 0) is 37.5 Å². The Morgan fingerprint density at radius 2 is 2.12 bits per heavy atom. The average Bonchev–Trinajstić information content (AvgIpc) is 2.79. The van der Waals surface area contributed by atoms with Gasteiger partial charge in [0.25, 0.3) is 0 Å². The van der Waals surface area contributed by atoms with Crippen molar-refractivity contribution < 1.29 is 14.3 Å². The van der Waals surface area contributed by atoms with E-state index < -0.39 is 6.04 Å². The van der Waals surface area contributed by atoms with Crippen LogP contribution < -0.4 is 26.8 Å². The molecule has 33 heavy (non-hydrogen) atoms. The number of nitrogens with one attached hydrogen (secondary N) is 2. The molecule has 3 rings (SSSR count). The van der Waals surface area contributed by atoms with E-state index in [0.29, 0.717) is 49.6 Å². The quantitative estimate of drug-likeness (QED) is 0.202. The number of hydrogen-bond acceptors (Lipinski definition) is 11. The molecule has 0 aliphatic carbocycles. The molecule has 0 amide bonds. The van der Waals surface area contributed by atoms with Gasteiger partial charge in [0.05, 0.1) is 18.9 Å². The van der Waals surface area contributed by atoms with E-state index in [1.165, 1.54) is 0 Å². The summed E-state index contributed by atoms with van der Waals surface area (Å²) in [7, 11) is 0. The van der Waals surface area contributed by atoms with E-state index in [2.05, 4.69) is 20.6 Å². The van der Waals surface area contributed by atoms with E-state index in [0.717, 1.165) is 5.56 Å². The molecule has 11 heteroatoms. The van der Waals surface area contributed by atoms with E-state index in [-0.39, 0.29) is 29.0 Å². The van der Waals surface area contributed by atoms with Crippen molar-refractivity contribution >= 4 is 29.3 Å². The highest BCUT2D eigenvalue weighted by atomic mass is 16.5. The third-order valence-corrected chi connectivity index (χ3v) is 4.88. The smallest absolute Gasteiger partial charge is 0.305 e. The molecule has 1 aromatic carbocycles. The fourth-order valence-corrected chi connectivity index (χ4v) is 3.39. The minimum Gasteiger partial charge on any atom is -0.494 e. The zero-order chi connectivity index (χ0) is 23.8. The molecule has 1 unspecified atom stereocenters. The van der Waals surface area contributed by atoms with Gasteiger partial charge in [-0.3, -0.25) is 10.1 Å². The first-order valence-corrected chi connectivity index (χ1v) is 10.4. The standard InChI is InChI=1S/C22H24N8O3/c1-2-32-16(31)8-3-4-9-33-14-7-5-6-13(10-14)19-17-18(25)15(11-23)20(26)29-21(17)30-22(28-19)27-12-24/h5-7,10,19H,2-4,8-9H2,1H3,(H6,25,26,27,28,29,30). The number of nitrogens with two attached hydrogens (primary N) is 2. The summed E-state index contributed by atoms with van der Waals surface area (Å²) in [6.45, 7) is 2.57. The number of pyridine rings is 1. The van der Waals surface area contributed by atoms with Crippen molar-refractivity contribution in [2.45, 2.75) is 32.2 Å². The van der Waals surface area contributed by atoms with Crippen LogP contribution in [0.1, 0.15) is 48.9 Å². The minimum atomic E-state index is -0.648. The van der Waals surface area contributed by atoms with Crippen LogP contribution in [0.15, 0.2) is 29.3 Å². The van der Waals surface area contributed by atoms with E-state index in [9.17, 15) is 10.1 Å². The molecule has 6 N–H and O–H groups in total. The van der Waals surface area contributed by atoms with Gasteiger partial charge >= 0.3 is 5.97 Å². The predicted molar refractivity (Wildman–Crippen MR) is 122 cm³/mol. The second kappa shape index (κ2) is 10.7. The number of nitrogens with zero attached hydrogens (tertiary/aromatic N) is 4. The van der Waals surface area contributed by atoms with Crippen molar-refractivity contribution in [2.24, 2.45) is 4.99 Å². The van der Waals surface area contributed by atoms with Crippen molar-refractivity contribution in [1.82, 2.24) is 10.3 Å². The lowest BCUT2D eigenvalue weighted by atomic mass is 9.95. The number of hydrogen-bond donors (Lipinski definition) is 4. The lowest BCUT2D eigenvalue weighted by molar-refractivity contribution is -0.143. The number of aliphatic imine (C=N–C) groups is 1. The Hall–Kier alpha value is -4.51. The van der Waals surface area contributed by atoms with E-state index >= 15 is 0 Å². The zero-order valence-electron chi connectivity index (χ0n) is 18.1. The number of carbonyl (C=O) groups is 1. The molecule has 1 aromatic heterocycles. The van der Waals surface area contributed by atoms with Crippen molar-refractivity contribution in [2.75, 3.05) is 30.0 Å². The van der Waals surface area contributed by atoms with Crippen molar-refractivity contribution in [1.29, 1.82) is 10.5 Å². The Morgan fingerprint density at radius 3 is 2.85 bits per heavy atom. The summed E-state index contributed by atoms with van der Waals surface area (Å²) in [5, 5.41) is 23.8. The number of nitriles is 2. The van der Waals surface area contributed by atoms with Gasteiger partial charge in [0.15, 0.2) is 6.19 Å². The fraction of sp³-hybridized carbons (Fsp3) is 0.318. The molecular weight excluding hydrogens is 424 g/mol. The van der Waals surface area contributed by atoms with E-state index in [1.807, 2.05) is 24.4 Å². The summed E-state index contributed by atoms with van der Waals surface area (Å²) in [5.41, 5.74) is 13.6. The number of esters is 1. The van der Waals surface area contributed by atoms with Gasteiger partial charge in [-0.15, -0.1) is 0 Å². The number of nitrogen functional groups attached to an aromatic ring is 2. The van der Waals surface area contributed by atoms with E-state index in [1.54, 1.807) is 19.1 Å². The molecule has 0 bridgehead atoms. The molecule has 11 nitrogen and oxygen atoms in total. The van der Waals surface area contributed by atoms with Crippen LogP contribution >= 0.6 is 0 Å². The molecule has 0 radical (unpaired) electrons. The van der Waals surface area contributed by atoms with Crippen LogP contribution in [0, 0.1) is 22.8 Å². The molecule has 0 saturated carbocycles. The topological polar surface area (TPSA) is 184 Å². The highest BCUT2D eigenvalue weighted by Gasteiger charge is 2.29. The summed E-state index contributed by atoms with van der Waals surface area (Å²) in [4.78, 5) is 20.2. The maximum absolute atomic E-state index is 11.4.